The van der Waals surface area contributed by atoms with E-state index in [4.69, 9.17) is 4.74 Å². The summed E-state index contributed by atoms with van der Waals surface area (Å²) in [6, 6.07) is 26.3. The topological polar surface area (TPSA) is 15.7 Å². The van der Waals surface area contributed by atoms with Crippen LogP contribution in [0.5, 0.6) is 5.75 Å². The van der Waals surface area contributed by atoms with Crippen LogP contribution in [0.3, 0.4) is 0 Å². The van der Waals surface area contributed by atoms with Gasteiger partial charge in [-0.15, -0.1) is 0 Å². The van der Waals surface area contributed by atoms with Crippen molar-refractivity contribution in [2.75, 3.05) is 22.9 Å². The number of anilines is 2. The molecule has 3 nitrogen and oxygen atoms in total. The van der Waals surface area contributed by atoms with Crippen LogP contribution in [0.1, 0.15) is 70.1 Å². The molecule has 1 aliphatic rings. The van der Waals surface area contributed by atoms with Gasteiger partial charge < -0.3 is 0 Å². The number of benzene rings is 3. The molecule has 1 aliphatic heterocycles. The Labute approximate surface area is 218 Å². The Hall–Kier alpha value is -2.58. The molecular weight excluding hydrogens is 517 g/mol. The van der Waals surface area contributed by atoms with E-state index in [0.717, 1.165) is 18.8 Å². The molecule has 0 spiro atoms. The van der Waals surface area contributed by atoms with Gasteiger partial charge in [0.1, 0.15) is 0 Å². The maximum atomic E-state index is 6.13. The fourth-order valence-corrected chi connectivity index (χ4v) is 6.80. The second-order valence-electron chi connectivity index (χ2n) is 9.90. The Morgan fingerprint density at radius 1 is 0.686 bits per heavy atom. The van der Waals surface area contributed by atoms with Gasteiger partial charge in [-0.2, -0.15) is 0 Å². The molecule has 0 aromatic heterocycles. The van der Waals surface area contributed by atoms with Crippen LogP contribution in [0, 0.1) is 0 Å². The molecule has 35 heavy (non-hydrogen) atoms. The van der Waals surface area contributed by atoms with Crippen molar-refractivity contribution in [2.24, 2.45) is 0 Å². The van der Waals surface area contributed by atoms with Crippen molar-refractivity contribution in [3.8, 4) is 5.75 Å². The van der Waals surface area contributed by atoms with Crippen molar-refractivity contribution in [1.82, 2.24) is 0 Å². The summed E-state index contributed by atoms with van der Waals surface area (Å²) in [4.78, 5) is 5.15. The summed E-state index contributed by atoms with van der Waals surface area (Å²) in [5.41, 5.74) is 6.70. The van der Waals surface area contributed by atoms with E-state index in [-0.39, 0.29) is 22.3 Å². The van der Waals surface area contributed by atoms with Gasteiger partial charge in [-0.25, -0.2) is 0 Å². The van der Waals surface area contributed by atoms with Gasteiger partial charge in [0.15, 0.2) is 0 Å². The van der Waals surface area contributed by atoms with Gasteiger partial charge >= 0.3 is 219 Å². The third kappa shape index (κ3) is 5.81. The van der Waals surface area contributed by atoms with E-state index >= 15 is 0 Å². The number of rotatable bonds is 7. The minimum atomic E-state index is -0.204. The van der Waals surface area contributed by atoms with E-state index in [0.29, 0.717) is 11.8 Å². The van der Waals surface area contributed by atoms with E-state index in [1.165, 1.54) is 32.4 Å². The second-order valence-corrected chi connectivity index (χ2v) is 11.7. The summed E-state index contributed by atoms with van der Waals surface area (Å²) < 4.78 is 9.96. The van der Waals surface area contributed by atoms with Crippen LogP contribution in [-0.4, -0.2) is 28.2 Å². The first-order valence-electron chi connectivity index (χ1n) is 12.7. The van der Waals surface area contributed by atoms with Crippen LogP contribution in [0.15, 0.2) is 72.8 Å². The standard InChI is InChI=1S/C21H26N2.C10H12O.Ru/c1-16(2)18-9-5-7-11-20(18)22-13-14-23(15-22)21-12-8-6-10-19(21)17(3)4;1-8(2)11-10-7-5-4-6-9(10)3;/h5-12,16-17H,13-14H2,1-4H3;3-8H,1-2H3;. The van der Waals surface area contributed by atoms with Crippen LogP contribution in [0.25, 0.3) is 0 Å². The molecule has 1 heterocycles. The average Bonchev–Trinajstić information content (AvgIpc) is 3.26. The molecule has 0 bridgehead atoms. The molecule has 3 aromatic carbocycles. The summed E-state index contributed by atoms with van der Waals surface area (Å²) in [5, 5.41) is 0. The number of nitrogens with zero attached hydrogens (tertiary/aromatic N) is 2. The molecule has 0 radical (unpaired) electrons. The van der Waals surface area contributed by atoms with Gasteiger partial charge in [0.05, 0.1) is 0 Å². The number of hydrogen-bond donors (Lipinski definition) is 0. The van der Waals surface area contributed by atoms with Crippen LogP contribution in [0.2, 0.25) is 0 Å². The Morgan fingerprint density at radius 2 is 1.17 bits per heavy atom. The van der Waals surface area contributed by atoms with Crippen molar-refractivity contribution >= 4 is 20.3 Å². The van der Waals surface area contributed by atoms with Crippen molar-refractivity contribution in [3.05, 3.63) is 89.5 Å². The molecule has 1 saturated heterocycles. The summed E-state index contributed by atoms with van der Waals surface area (Å²) >= 11 is -0.204. The van der Waals surface area contributed by atoms with E-state index in [1.807, 2.05) is 0 Å². The fourth-order valence-electron chi connectivity index (χ4n) is 4.54. The van der Waals surface area contributed by atoms with Gasteiger partial charge in [0.25, 0.3) is 0 Å². The van der Waals surface area contributed by atoms with E-state index in [2.05, 4.69) is 129 Å². The van der Waals surface area contributed by atoms with E-state index < -0.39 is 0 Å². The van der Waals surface area contributed by atoms with Crippen molar-refractivity contribution in [1.29, 1.82) is 0 Å². The van der Waals surface area contributed by atoms with Crippen LogP contribution < -0.4 is 14.5 Å². The van der Waals surface area contributed by atoms with Crippen molar-refractivity contribution in [3.63, 3.8) is 0 Å². The Bertz CT molecular complexity index is 1160. The number of para-hydroxylation sites is 3. The summed E-state index contributed by atoms with van der Waals surface area (Å²) in [5.74, 6) is 1.92. The predicted molar refractivity (Wildman–Crippen MR) is 148 cm³/mol. The molecule has 0 N–H and O–H groups in total. The quantitative estimate of drug-likeness (QED) is 0.290. The Kier molecular flexibility index (Phi) is 8.34. The third-order valence-corrected chi connectivity index (χ3v) is 8.39. The summed E-state index contributed by atoms with van der Waals surface area (Å²) in [6.07, 6.45) is 0.156. The van der Waals surface area contributed by atoms with Crippen molar-refractivity contribution < 1.29 is 21.0 Å². The minimum absolute atomic E-state index is 0.156. The molecule has 4 heteroatoms. The first-order valence-corrected chi connectivity index (χ1v) is 14.5. The monoisotopic (exact) mass is 556 g/mol. The summed E-state index contributed by atoms with van der Waals surface area (Å²) in [7, 11) is 0. The molecule has 0 saturated carbocycles. The molecule has 186 valence electrons. The zero-order valence-corrected chi connectivity index (χ0v) is 23.5. The predicted octanol–water partition coefficient (Wildman–Crippen LogP) is 7.07. The molecule has 3 aromatic rings. The van der Waals surface area contributed by atoms with Gasteiger partial charge in [-0.3, -0.25) is 0 Å². The second kappa shape index (κ2) is 11.4. The zero-order valence-electron chi connectivity index (χ0n) is 21.8. The molecule has 4 rings (SSSR count). The van der Waals surface area contributed by atoms with Gasteiger partial charge in [0.2, 0.25) is 0 Å². The van der Waals surface area contributed by atoms with Crippen LogP contribution in [0.4, 0.5) is 11.4 Å². The number of ether oxygens (including phenoxy) is 1. The SMILES string of the molecule is CC(C)Oc1ccccc1[CH]=[Ru]=[C]1N(c2ccccc2C(C)C)CCN1c1ccccc1C(C)C. The normalized spacial score (nSPS) is 13.9. The van der Waals surface area contributed by atoms with Gasteiger partial charge in [0, 0.05) is 0 Å². The zero-order chi connectivity index (χ0) is 24.9. The average molecular weight is 556 g/mol. The maximum absolute atomic E-state index is 6.13. The van der Waals surface area contributed by atoms with Crippen molar-refractivity contribution in [2.45, 2.75) is 59.5 Å². The molecule has 1 fully saturated rings. The van der Waals surface area contributed by atoms with E-state index in [1.54, 1.807) is 0 Å². The number of hydrogen-bond acceptors (Lipinski definition) is 3. The molecule has 0 amide bonds. The first-order chi connectivity index (χ1) is 16.9. The fraction of sp³-hybridized carbons (Fsp3) is 0.355. The van der Waals surface area contributed by atoms with Crippen LogP contribution >= 0.6 is 0 Å². The molecule has 0 atom stereocenters. The van der Waals surface area contributed by atoms with Gasteiger partial charge in [-0.1, -0.05) is 0 Å². The molecular formula is C31H38N2ORu. The first kappa shape index (κ1) is 25.5. The van der Waals surface area contributed by atoms with Gasteiger partial charge in [-0.05, 0) is 0 Å². The van der Waals surface area contributed by atoms with Crippen LogP contribution in [-0.2, 0) is 16.2 Å². The Balaban J connectivity index is 1.88. The summed E-state index contributed by atoms with van der Waals surface area (Å²) in [6.45, 7) is 15.3. The van der Waals surface area contributed by atoms with E-state index in [9.17, 15) is 0 Å². The Morgan fingerprint density at radius 3 is 1.69 bits per heavy atom. The molecule has 0 aliphatic carbocycles. The molecule has 0 unspecified atom stereocenters. The third-order valence-electron chi connectivity index (χ3n) is 6.21.